The molecule has 140 valence electrons. The minimum Gasteiger partial charge on any atom is -0.352 e. The number of carbonyl (C=O) groups is 1. The Bertz CT molecular complexity index is 716. The number of aliphatic imine (C=N–C) groups is 1. The molecule has 1 saturated heterocycles. The van der Waals surface area contributed by atoms with E-state index in [1.54, 1.807) is 18.4 Å². The van der Waals surface area contributed by atoms with E-state index < -0.39 is 0 Å². The van der Waals surface area contributed by atoms with E-state index in [4.69, 9.17) is 0 Å². The molecule has 5 nitrogen and oxygen atoms in total. The molecule has 1 aromatic carbocycles. The molecule has 1 aliphatic heterocycles. The van der Waals surface area contributed by atoms with Crippen molar-refractivity contribution in [1.29, 1.82) is 0 Å². The molecule has 1 aromatic heterocycles. The van der Waals surface area contributed by atoms with Crippen LogP contribution in [0, 0.1) is 0 Å². The van der Waals surface area contributed by atoms with Crippen LogP contribution in [0.4, 0.5) is 0 Å². The summed E-state index contributed by atoms with van der Waals surface area (Å²) in [7, 11) is 1.78. The van der Waals surface area contributed by atoms with Gasteiger partial charge in [0.2, 0.25) is 5.91 Å². The lowest BCUT2D eigenvalue weighted by molar-refractivity contribution is -0.128. The Balaban J connectivity index is 0.00000243. The highest BCUT2D eigenvalue weighted by Gasteiger charge is 2.19. The van der Waals surface area contributed by atoms with Crippen LogP contribution in [0.3, 0.4) is 0 Å². The third kappa shape index (κ3) is 5.98. The van der Waals surface area contributed by atoms with Crippen molar-refractivity contribution in [2.24, 2.45) is 4.99 Å². The standard InChI is InChI=1S/C19H24N4OS.HI/c1-20-19(22-12-17-8-10-25-14-17)21-11-15-4-6-16(7-5-15)13-23-9-2-3-18(23)24;/h4-8,10,14H,2-3,9,11-13H2,1H3,(H2,20,21,22);1H. The Morgan fingerprint density at radius 3 is 2.38 bits per heavy atom. The van der Waals surface area contributed by atoms with Gasteiger partial charge in [-0.1, -0.05) is 24.3 Å². The molecule has 1 amide bonds. The monoisotopic (exact) mass is 484 g/mol. The van der Waals surface area contributed by atoms with Crippen LogP contribution in [-0.2, 0) is 24.4 Å². The average Bonchev–Trinajstić information content (AvgIpc) is 3.29. The first-order valence-corrected chi connectivity index (χ1v) is 9.50. The lowest BCUT2D eigenvalue weighted by Gasteiger charge is -2.16. The Hall–Kier alpha value is -1.61. The Labute approximate surface area is 175 Å². The van der Waals surface area contributed by atoms with Crippen LogP contribution < -0.4 is 10.6 Å². The molecule has 0 unspecified atom stereocenters. The summed E-state index contributed by atoms with van der Waals surface area (Å²) in [5.41, 5.74) is 3.63. The molecule has 0 spiro atoms. The second kappa shape index (κ2) is 10.5. The fourth-order valence-electron chi connectivity index (χ4n) is 2.84. The van der Waals surface area contributed by atoms with Crippen molar-refractivity contribution in [3.05, 3.63) is 57.8 Å². The highest BCUT2D eigenvalue weighted by Crippen LogP contribution is 2.14. The van der Waals surface area contributed by atoms with Gasteiger partial charge in [0, 0.05) is 39.6 Å². The van der Waals surface area contributed by atoms with E-state index in [1.165, 1.54) is 16.7 Å². The summed E-state index contributed by atoms with van der Waals surface area (Å²) < 4.78 is 0. The van der Waals surface area contributed by atoms with Crippen LogP contribution >= 0.6 is 35.3 Å². The van der Waals surface area contributed by atoms with Crippen LogP contribution in [0.25, 0.3) is 0 Å². The molecule has 2 aromatic rings. The van der Waals surface area contributed by atoms with Gasteiger partial charge in [-0.25, -0.2) is 0 Å². The number of hydrogen-bond donors (Lipinski definition) is 2. The highest BCUT2D eigenvalue weighted by atomic mass is 127. The lowest BCUT2D eigenvalue weighted by Crippen LogP contribution is -2.36. The van der Waals surface area contributed by atoms with Gasteiger partial charge in [-0.3, -0.25) is 9.79 Å². The number of nitrogens with zero attached hydrogens (tertiary/aromatic N) is 2. The summed E-state index contributed by atoms with van der Waals surface area (Å²) in [6, 6.07) is 10.5. The van der Waals surface area contributed by atoms with Gasteiger partial charge in [0.1, 0.15) is 0 Å². The van der Waals surface area contributed by atoms with E-state index in [9.17, 15) is 4.79 Å². The first-order chi connectivity index (χ1) is 12.2. The van der Waals surface area contributed by atoms with Crippen LogP contribution in [0.1, 0.15) is 29.5 Å². The lowest BCUT2D eigenvalue weighted by atomic mass is 10.1. The largest absolute Gasteiger partial charge is 0.352 e. The fourth-order valence-corrected chi connectivity index (χ4v) is 3.51. The minimum absolute atomic E-state index is 0. The Morgan fingerprint density at radius 2 is 1.81 bits per heavy atom. The summed E-state index contributed by atoms with van der Waals surface area (Å²) in [5, 5.41) is 10.8. The van der Waals surface area contributed by atoms with E-state index in [2.05, 4.69) is 56.7 Å². The number of amides is 1. The number of guanidine groups is 1. The molecule has 0 radical (unpaired) electrons. The highest BCUT2D eigenvalue weighted by molar-refractivity contribution is 14.0. The third-order valence-corrected chi connectivity index (χ3v) is 5.02. The maximum absolute atomic E-state index is 11.7. The number of nitrogens with one attached hydrogen (secondary N) is 2. The zero-order chi connectivity index (χ0) is 17.5. The molecule has 26 heavy (non-hydrogen) atoms. The molecular weight excluding hydrogens is 459 g/mol. The Kier molecular flexibility index (Phi) is 8.37. The molecule has 2 N–H and O–H groups in total. The number of halogens is 1. The smallest absolute Gasteiger partial charge is 0.222 e. The Morgan fingerprint density at radius 1 is 1.12 bits per heavy atom. The topological polar surface area (TPSA) is 56.7 Å². The molecule has 1 aliphatic rings. The van der Waals surface area contributed by atoms with Crippen molar-refractivity contribution in [3.63, 3.8) is 0 Å². The van der Waals surface area contributed by atoms with Crippen LogP contribution in [0.15, 0.2) is 46.1 Å². The predicted octanol–water partition coefficient (Wildman–Crippen LogP) is 3.35. The summed E-state index contributed by atoms with van der Waals surface area (Å²) >= 11 is 1.70. The van der Waals surface area contributed by atoms with Gasteiger partial charge in [0.05, 0.1) is 0 Å². The number of rotatable bonds is 6. The molecule has 0 bridgehead atoms. The molecule has 2 heterocycles. The maximum Gasteiger partial charge on any atom is 0.222 e. The van der Waals surface area contributed by atoms with Crippen molar-refractivity contribution >= 4 is 47.2 Å². The second-order valence-electron chi connectivity index (χ2n) is 6.15. The molecule has 0 atom stereocenters. The summed E-state index contributed by atoms with van der Waals surface area (Å²) in [6.07, 6.45) is 1.68. The molecule has 0 saturated carbocycles. The van der Waals surface area contributed by atoms with Crippen LogP contribution in [-0.4, -0.2) is 30.4 Å². The van der Waals surface area contributed by atoms with Gasteiger partial charge in [0.25, 0.3) is 0 Å². The van der Waals surface area contributed by atoms with E-state index in [0.29, 0.717) is 13.0 Å². The van der Waals surface area contributed by atoms with Crippen molar-refractivity contribution in [2.75, 3.05) is 13.6 Å². The van der Waals surface area contributed by atoms with Gasteiger partial charge in [-0.05, 0) is 39.9 Å². The number of thiophene rings is 1. The van der Waals surface area contributed by atoms with Gasteiger partial charge < -0.3 is 15.5 Å². The summed E-state index contributed by atoms with van der Waals surface area (Å²) in [4.78, 5) is 17.9. The number of hydrogen-bond acceptors (Lipinski definition) is 3. The molecule has 3 rings (SSSR count). The predicted molar refractivity (Wildman–Crippen MR) is 118 cm³/mol. The van der Waals surface area contributed by atoms with Gasteiger partial charge in [-0.2, -0.15) is 11.3 Å². The number of benzene rings is 1. The van der Waals surface area contributed by atoms with E-state index in [0.717, 1.165) is 32.0 Å². The zero-order valence-corrected chi connectivity index (χ0v) is 18.1. The number of likely N-dealkylation sites (tertiary alicyclic amines) is 1. The van der Waals surface area contributed by atoms with Crippen molar-refractivity contribution < 1.29 is 4.79 Å². The van der Waals surface area contributed by atoms with E-state index in [1.807, 2.05) is 4.90 Å². The molecule has 0 aliphatic carbocycles. The normalized spacial score (nSPS) is 14.3. The number of carbonyl (C=O) groups excluding carboxylic acids is 1. The van der Waals surface area contributed by atoms with Crippen molar-refractivity contribution in [2.45, 2.75) is 32.5 Å². The minimum atomic E-state index is 0. The van der Waals surface area contributed by atoms with Crippen LogP contribution in [0.5, 0.6) is 0 Å². The van der Waals surface area contributed by atoms with Crippen molar-refractivity contribution in [3.8, 4) is 0 Å². The van der Waals surface area contributed by atoms with Gasteiger partial charge in [0.15, 0.2) is 5.96 Å². The molecular formula is C19H25IN4OS. The molecule has 7 heteroatoms. The molecule has 1 fully saturated rings. The van der Waals surface area contributed by atoms with E-state index >= 15 is 0 Å². The first-order valence-electron chi connectivity index (χ1n) is 8.56. The maximum atomic E-state index is 11.7. The fraction of sp³-hybridized carbons (Fsp3) is 0.368. The van der Waals surface area contributed by atoms with E-state index in [-0.39, 0.29) is 29.9 Å². The van der Waals surface area contributed by atoms with Crippen LogP contribution in [0.2, 0.25) is 0 Å². The SMILES string of the molecule is CN=C(NCc1ccc(CN2CCCC2=O)cc1)NCc1ccsc1.I. The average molecular weight is 484 g/mol. The quantitative estimate of drug-likeness (QED) is 0.376. The second-order valence-corrected chi connectivity index (χ2v) is 6.93. The first kappa shape index (κ1) is 20.7. The van der Waals surface area contributed by atoms with Gasteiger partial charge >= 0.3 is 0 Å². The zero-order valence-electron chi connectivity index (χ0n) is 14.9. The van der Waals surface area contributed by atoms with Gasteiger partial charge in [-0.15, -0.1) is 24.0 Å². The summed E-state index contributed by atoms with van der Waals surface area (Å²) in [6.45, 7) is 3.09. The van der Waals surface area contributed by atoms with Crippen molar-refractivity contribution in [1.82, 2.24) is 15.5 Å². The summed E-state index contributed by atoms with van der Waals surface area (Å²) in [5.74, 6) is 1.06. The third-order valence-electron chi connectivity index (χ3n) is 4.29.